The van der Waals surface area contributed by atoms with Crippen LogP contribution in [-0.4, -0.2) is 76.3 Å². The van der Waals surface area contributed by atoms with Crippen LogP contribution in [0.3, 0.4) is 0 Å². The van der Waals surface area contributed by atoms with Gasteiger partial charge in [0.15, 0.2) is 17.8 Å². The average molecular weight is 524 g/mol. The number of hydrogen-bond donors (Lipinski definition) is 7. The van der Waals surface area contributed by atoms with Crippen molar-refractivity contribution in [3.8, 4) is 0 Å². The molecular formula is C17H20Cl2N5O8P. The Kier molecular flexibility index (Phi) is 8.59. The molecule has 4 rings (SSSR count). The molecule has 33 heavy (non-hydrogen) atoms. The zero-order valence-electron chi connectivity index (χ0n) is 16.6. The molecule has 0 spiro atoms. The second-order valence-corrected chi connectivity index (χ2v) is 8.75. The Morgan fingerprint density at radius 3 is 2.58 bits per heavy atom. The van der Waals surface area contributed by atoms with Crippen molar-refractivity contribution in [1.82, 2.24) is 19.9 Å². The highest BCUT2D eigenvalue weighted by Gasteiger charge is 2.42. The SMILES string of the molecule is Clc1cccc(CNc2ncnc3nc[nH]c23)c1Cl.O=P(O)(O)OC[C@H]1OC(O)[C@H](O)[C@@H]1O. The molecule has 1 aliphatic heterocycles. The number of halogens is 2. The maximum absolute atomic E-state index is 10.3. The second-order valence-electron chi connectivity index (χ2n) is 6.72. The Morgan fingerprint density at radius 1 is 1.15 bits per heavy atom. The number of nitrogens with one attached hydrogen (secondary N) is 2. The summed E-state index contributed by atoms with van der Waals surface area (Å²) in [7, 11) is -4.64. The van der Waals surface area contributed by atoms with Gasteiger partial charge in [0.2, 0.25) is 0 Å². The van der Waals surface area contributed by atoms with Crippen LogP contribution < -0.4 is 5.32 Å². The largest absolute Gasteiger partial charge is 0.469 e. The first-order chi connectivity index (χ1) is 15.6. The fraction of sp³-hybridized carbons (Fsp3) is 0.353. The molecule has 0 bridgehead atoms. The first-order valence-corrected chi connectivity index (χ1v) is 11.6. The van der Waals surface area contributed by atoms with Crippen LogP contribution in [0.4, 0.5) is 5.82 Å². The van der Waals surface area contributed by atoms with Crippen LogP contribution in [0.5, 0.6) is 0 Å². The third-order valence-electron chi connectivity index (χ3n) is 4.45. The topological polar surface area (TPSA) is 203 Å². The monoisotopic (exact) mass is 523 g/mol. The zero-order valence-corrected chi connectivity index (χ0v) is 19.0. The minimum atomic E-state index is -4.64. The van der Waals surface area contributed by atoms with Crippen molar-refractivity contribution in [2.45, 2.75) is 31.1 Å². The number of fused-ring (bicyclic) bond motifs is 1. The summed E-state index contributed by atoms with van der Waals surface area (Å²) in [4.78, 5) is 31.9. The van der Waals surface area contributed by atoms with Crippen molar-refractivity contribution in [2.24, 2.45) is 0 Å². The number of aromatic nitrogens is 4. The number of hydrogen-bond acceptors (Lipinski definition) is 10. The summed E-state index contributed by atoms with van der Waals surface area (Å²) in [6.07, 6.45) is -2.62. The molecule has 0 radical (unpaired) electrons. The van der Waals surface area contributed by atoms with E-state index in [0.29, 0.717) is 28.1 Å². The number of aliphatic hydroxyl groups excluding tert-OH is 3. The number of phosphoric acid groups is 1. The highest BCUT2D eigenvalue weighted by atomic mass is 35.5. The number of rotatable bonds is 6. The number of anilines is 1. The van der Waals surface area contributed by atoms with E-state index in [1.54, 1.807) is 12.4 Å². The highest BCUT2D eigenvalue weighted by Crippen LogP contribution is 2.37. The Bertz CT molecular complexity index is 1130. The fourth-order valence-electron chi connectivity index (χ4n) is 2.80. The lowest BCUT2D eigenvalue weighted by Crippen LogP contribution is -2.34. The molecule has 1 saturated heterocycles. The van der Waals surface area contributed by atoms with E-state index in [1.165, 1.54) is 6.33 Å². The lowest BCUT2D eigenvalue weighted by molar-refractivity contribution is -0.132. The lowest BCUT2D eigenvalue weighted by Gasteiger charge is -2.14. The molecule has 1 fully saturated rings. The predicted octanol–water partition coefficient (Wildman–Crippen LogP) is 0.806. The van der Waals surface area contributed by atoms with Gasteiger partial charge in [-0.25, -0.2) is 19.5 Å². The number of imidazole rings is 1. The van der Waals surface area contributed by atoms with Crippen LogP contribution >= 0.6 is 31.0 Å². The molecule has 7 N–H and O–H groups in total. The Balaban J connectivity index is 0.000000196. The summed E-state index contributed by atoms with van der Waals surface area (Å²) < 4.78 is 18.9. The molecule has 4 atom stereocenters. The molecule has 180 valence electrons. The van der Waals surface area contributed by atoms with Crippen molar-refractivity contribution in [3.63, 3.8) is 0 Å². The molecule has 0 saturated carbocycles. The van der Waals surface area contributed by atoms with E-state index in [9.17, 15) is 4.57 Å². The summed E-state index contributed by atoms with van der Waals surface area (Å²) in [5.41, 5.74) is 2.29. The minimum absolute atomic E-state index is 0.518. The maximum atomic E-state index is 10.3. The van der Waals surface area contributed by atoms with Crippen molar-refractivity contribution in [2.75, 3.05) is 11.9 Å². The van der Waals surface area contributed by atoms with Gasteiger partial charge in [-0.2, -0.15) is 0 Å². The van der Waals surface area contributed by atoms with E-state index in [2.05, 4.69) is 34.5 Å². The third-order valence-corrected chi connectivity index (χ3v) is 5.79. The minimum Gasteiger partial charge on any atom is -0.387 e. The summed E-state index contributed by atoms with van der Waals surface area (Å²) in [6, 6.07) is 5.52. The number of aromatic amines is 1. The number of nitrogens with zero attached hydrogens (tertiary/aromatic N) is 3. The van der Waals surface area contributed by atoms with E-state index in [-0.39, 0.29) is 0 Å². The summed E-state index contributed by atoms with van der Waals surface area (Å²) in [5.74, 6) is 0.679. The first kappa shape index (κ1) is 25.7. The molecule has 2 aromatic heterocycles. The van der Waals surface area contributed by atoms with Gasteiger partial charge in [-0.15, -0.1) is 0 Å². The van der Waals surface area contributed by atoms with Gasteiger partial charge in [0.25, 0.3) is 0 Å². The molecule has 1 aromatic carbocycles. The van der Waals surface area contributed by atoms with Gasteiger partial charge in [-0.1, -0.05) is 35.3 Å². The summed E-state index contributed by atoms with van der Waals surface area (Å²) >= 11 is 12.1. The molecule has 16 heteroatoms. The molecule has 3 heterocycles. The van der Waals surface area contributed by atoms with Gasteiger partial charge >= 0.3 is 7.82 Å². The van der Waals surface area contributed by atoms with Gasteiger partial charge in [-0.3, -0.25) is 4.52 Å². The van der Waals surface area contributed by atoms with Gasteiger partial charge in [0, 0.05) is 6.54 Å². The highest BCUT2D eigenvalue weighted by molar-refractivity contribution is 7.46. The van der Waals surface area contributed by atoms with E-state index in [4.69, 9.17) is 48.3 Å². The quantitative estimate of drug-likeness (QED) is 0.224. The molecular weight excluding hydrogens is 504 g/mol. The first-order valence-electron chi connectivity index (χ1n) is 9.27. The number of H-pyrrole nitrogens is 1. The van der Waals surface area contributed by atoms with Crippen molar-refractivity contribution in [3.05, 3.63) is 46.5 Å². The number of aliphatic hydroxyl groups is 3. The fourth-order valence-corrected chi connectivity index (χ4v) is 3.53. The Morgan fingerprint density at radius 2 is 1.91 bits per heavy atom. The number of ether oxygens (including phenoxy) is 1. The summed E-state index contributed by atoms with van der Waals surface area (Å²) in [5, 5.41) is 31.3. The van der Waals surface area contributed by atoms with E-state index in [0.717, 1.165) is 11.1 Å². The molecule has 1 aliphatic rings. The number of phosphoric ester groups is 1. The van der Waals surface area contributed by atoms with E-state index < -0.39 is 39.0 Å². The van der Waals surface area contributed by atoms with Crippen LogP contribution in [0.25, 0.3) is 11.2 Å². The normalized spacial score (nSPS) is 22.8. The molecule has 3 aromatic rings. The Hall–Kier alpha value is -1.90. The second kappa shape index (κ2) is 11.0. The molecule has 13 nitrogen and oxygen atoms in total. The zero-order chi connectivity index (χ0) is 24.2. The van der Waals surface area contributed by atoms with E-state index in [1.807, 2.05) is 12.1 Å². The van der Waals surface area contributed by atoms with Crippen molar-refractivity contribution >= 4 is 48.0 Å². The maximum Gasteiger partial charge on any atom is 0.469 e. The standard InChI is InChI=1S/C12H9Cl2N5.C5H11O8P/c13-8-3-1-2-7(9(8)14)4-15-11-10-12(17-5-16-10)19-6-18-11;6-3-2(1-12-14(9,10)11)13-5(8)4(3)7/h1-3,5-6H,4H2,(H2,15,16,17,18,19);2-8H,1H2,(H2,9,10,11)/t;2-,3-,4-,5?/m.1/s1. The van der Waals surface area contributed by atoms with Gasteiger partial charge < -0.3 is 40.1 Å². The van der Waals surface area contributed by atoms with Gasteiger partial charge in [-0.05, 0) is 11.6 Å². The average Bonchev–Trinajstić information content (AvgIpc) is 3.34. The number of benzene rings is 1. The smallest absolute Gasteiger partial charge is 0.387 e. The van der Waals surface area contributed by atoms with E-state index >= 15 is 0 Å². The molecule has 0 amide bonds. The Labute approximate surface area is 196 Å². The van der Waals surface area contributed by atoms with Gasteiger partial charge in [0.1, 0.15) is 30.2 Å². The van der Waals surface area contributed by atoms with Crippen molar-refractivity contribution in [1.29, 1.82) is 0 Å². The van der Waals surface area contributed by atoms with Crippen LogP contribution in [0, 0.1) is 0 Å². The van der Waals surface area contributed by atoms with Crippen LogP contribution in [0.1, 0.15) is 5.56 Å². The van der Waals surface area contributed by atoms with Crippen LogP contribution in [0.2, 0.25) is 10.0 Å². The van der Waals surface area contributed by atoms with Crippen molar-refractivity contribution < 1.29 is 38.9 Å². The van der Waals surface area contributed by atoms with Crippen LogP contribution in [0.15, 0.2) is 30.9 Å². The third kappa shape index (κ3) is 6.80. The van der Waals surface area contributed by atoms with Gasteiger partial charge in [0.05, 0.1) is 23.0 Å². The predicted molar refractivity (Wildman–Crippen MR) is 116 cm³/mol. The molecule has 1 unspecified atom stereocenters. The summed E-state index contributed by atoms with van der Waals surface area (Å²) in [6.45, 7) is -0.0932. The lowest BCUT2D eigenvalue weighted by atomic mass is 10.1. The van der Waals surface area contributed by atoms with Crippen LogP contribution in [-0.2, 0) is 20.4 Å². The molecule has 0 aliphatic carbocycles.